The topological polar surface area (TPSA) is 98.2 Å². The van der Waals surface area contributed by atoms with Crippen LogP contribution < -0.4 is 10.1 Å². The lowest BCUT2D eigenvalue weighted by Crippen LogP contribution is -2.14. The van der Waals surface area contributed by atoms with Crippen molar-refractivity contribution in [3.8, 4) is 17.0 Å². The van der Waals surface area contributed by atoms with Gasteiger partial charge in [-0.3, -0.25) is 4.79 Å². The lowest BCUT2D eigenvalue weighted by Gasteiger charge is -2.14. The van der Waals surface area contributed by atoms with Gasteiger partial charge in [0, 0.05) is 17.5 Å². The Kier molecular flexibility index (Phi) is 5.87. The highest BCUT2D eigenvalue weighted by Gasteiger charge is 2.17. The molecule has 1 N–H and O–H groups in total. The van der Waals surface area contributed by atoms with Crippen molar-refractivity contribution >= 4 is 32.2 Å². The molecular weight excluding hydrogens is 426 g/mol. The van der Waals surface area contributed by atoms with Gasteiger partial charge in [0.1, 0.15) is 5.75 Å². The second-order valence-corrected chi connectivity index (χ2v) is 9.12. The van der Waals surface area contributed by atoms with Crippen molar-refractivity contribution in [3.63, 3.8) is 0 Å². The zero-order valence-electron chi connectivity index (χ0n) is 17.6. The fourth-order valence-corrected chi connectivity index (χ4v) is 3.86. The summed E-state index contributed by atoms with van der Waals surface area (Å²) in [5, 5.41) is 12.4. The van der Waals surface area contributed by atoms with Gasteiger partial charge in [-0.05, 0) is 48.0 Å². The molecule has 32 heavy (non-hydrogen) atoms. The Morgan fingerprint density at radius 2 is 1.69 bits per heavy atom. The third kappa shape index (κ3) is 4.45. The maximum absolute atomic E-state index is 13.1. The minimum absolute atomic E-state index is 0.0784. The largest absolute Gasteiger partial charge is 0.493 e. The van der Waals surface area contributed by atoms with Crippen LogP contribution in [0.3, 0.4) is 0 Å². The van der Waals surface area contributed by atoms with E-state index < -0.39 is 9.84 Å². The van der Waals surface area contributed by atoms with E-state index in [1.54, 1.807) is 30.3 Å². The molecule has 0 atom stereocenters. The maximum atomic E-state index is 13.1. The molecule has 1 amide bonds. The summed E-state index contributed by atoms with van der Waals surface area (Å²) in [5.74, 6) is 0.261. The minimum atomic E-state index is -3.40. The van der Waals surface area contributed by atoms with Gasteiger partial charge in [0.25, 0.3) is 5.91 Å². The van der Waals surface area contributed by atoms with Gasteiger partial charge < -0.3 is 10.1 Å². The molecule has 0 fully saturated rings. The predicted molar refractivity (Wildman–Crippen MR) is 124 cm³/mol. The summed E-state index contributed by atoms with van der Waals surface area (Å²) in [6.45, 7) is 2.33. The van der Waals surface area contributed by atoms with Crippen LogP contribution in [-0.2, 0) is 9.84 Å². The quantitative estimate of drug-likeness (QED) is 0.472. The molecule has 0 unspecified atom stereocenters. The van der Waals surface area contributed by atoms with Crippen LogP contribution in [0.1, 0.15) is 17.3 Å². The van der Waals surface area contributed by atoms with E-state index in [1.165, 1.54) is 6.07 Å². The number of anilines is 1. The van der Waals surface area contributed by atoms with Gasteiger partial charge in [0.15, 0.2) is 14.9 Å². The molecule has 0 aliphatic heterocycles. The monoisotopic (exact) mass is 447 g/mol. The molecule has 1 heterocycles. The molecule has 0 saturated carbocycles. The van der Waals surface area contributed by atoms with Crippen LogP contribution in [0, 0.1) is 0 Å². The van der Waals surface area contributed by atoms with E-state index >= 15 is 0 Å². The second-order valence-electron chi connectivity index (χ2n) is 7.15. The molecule has 0 bridgehead atoms. The first kappa shape index (κ1) is 21.5. The highest BCUT2D eigenvalue weighted by atomic mass is 32.2. The number of benzene rings is 3. The SMILES string of the molecule is CCOc1ccc2ccccc2c1C(=O)Nc1ccc(-c2ccc(S(C)(=O)=O)nn2)cc1. The molecule has 0 saturated heterocycles. The fraction of sp³-hybridized carbons (Fsp3) is 0.125. The average molecular weight is 448 g/mol. The van der Waals surface area contributed by atoms with E-state index in [0.29, 0.717) is 29.3 Å². The first-order chi connectivity index (χ1) is 15.4. The Balaban J connectivity index is 1.59. The predicted octanol–water partition coefficient (Wildman–Crippen LogP) is 4.35. The molecule has 8 heteroatoms. The number of amides is 1. The Morgan fingerprint density at radius 3 is 2.34 bits per heavy atom. The number of ether oxygens (including phenoxy) is 1. The van der Waals surface area contributed by atoms with Gasteiger partial charge >= 0.3 is 0 Å². The molecule has 3 aromatic carbocycles. The smallest absolute Gasteiger partial charge is 0.260 e. The molecule has 4 aromatic rings. The number of nitrogens with zero attached hydrogens (tertiary/aromatic N) is 2. The van der Waals surface area contributed by atoms with Crippen LogP contribution in [0.25, 0.3) is 22.0 Å². The fourth-order valence-electron chi connectivity index (χ4n) is 3.35. The standard InChI is InChI=1S/C24H21N3O4S/c1-3-31-21-14-10-16-6-4-5-7-19(16)23(21)24(28)25-18-11-8-17(9-12-18)20-13-15-22(27-26-20)32(2,29)30/h4-15H,3H2,1-2H3,(H,25,28). The minimum Gasteiger partial charge on any atom is -0.493 e. The Bertz CT molecular complexity index is 1380. The number of fused-ring (bicyclic) bond motifs is 1. The van der Waals surface area contributed by atoms with E-state index in [1.807, 2.05) is 43.3 Å². The number of sulfone groups is 1. The zero-order valence-corrected chi connectivity index (χ0v) is 18.4. The number of carbonyl (C=O) groups excluding carboxylic acids is 1. The van der Waals surface area contributed by atoms with Crippen molar-refractivity contribution in [3.05, 3.63) is 78.4 Å². The molecular formula is C24H21N3O4S. The first-order valence-corrected chi connectivity index (χ1v) is 11.9. The van der Waals surface area contributed by atoms with Gasteiger partial charge in [-0.15, -0.1) is 10.2 Å². The lowest BCUT2D eigenvalue weighted by molar-refractivity contribution is 0.102. The van der Waals surface area contributed by atoms with Crippen LogP contribution in [0.2, 0.25) is 0 Å². The van der Waals surface area contributed by atoms with Gasteiger partial charge in [-0.2, -0.15) is 0 Å². The molecule has 4 rings (SSSR count). The highest BCUT2D eigenvalue weighted by Crippen LogP contribution is 2.29. The molecule has 1 aromatic heterocycles. The Labute approximate surface area is 186 Å². The molecule has 162 valence electrons. The second kappa shape index (κ2) is 8.76. The average Bonchev–Trinajstić information content (AvgIpc) is 2.79. The van der Waals surface area contributed by atoms with Crippen LogP contribution >= 0.6 is 0 Å². The van der Waals surface area contributed by atoms with E-state index in [4.69, 9.17) is 4.74 Å². The van der Waals surface area contributed by atoms with Gasteiger partial charge in [0.05, 0.1) is 17.9 Å². The number of nitrogens with one attached hydrogen (secondary N) is 1. The summed E-state index contributed by atoms with van der Waals surface area (Å²) in [6, 6.07) is 21.5. The van der Waals surface area contributed by atoms with Crippen molar-refractivity contribution < 1.29 is 17.9 Å². The molecule has 0 spiro atoms. The normalized spacial score (nSPS) is 11.3. The van der Waals surface area contributed by atoms with Gasteiger partial charge in [0.2, 0.25) is 0 Å². The van der Waals surface area contributed by atoms with Gasteiger partial charge in [-0.25, -0.2) is 8.42 Å². The summed E-state index contributed by atoms with van der Waals surface area (Å²) < 4.78 is 28.8. The number of hydrogen-bond donors (Lipinski definition) is 1. The van der Waals surface area contributed by atoms with Crippen molar-refractivity contribution in [2.24, 2.45) is 0 Å². The van der Waals surface area contributed by atoms with Crippen LogP contribution in [0.4, 0.5) is 5.69 Å². The molecule has 7 nitrogen and oxygen atoms in total. The third-order valence-electron chi connectivity index (χ3n) is 4.88. The third-order valence-corrected chi connectivity index (χ3v) is 5.85. The Hall–Kier alpha value is -3.78. The van der Waals surface area contributed by atoms with E-state index in [2.05, 4.69) is 15.5 Å². The number of carbonyl (C=O) groups is 1. The van der Waals surface area contributed by atoms with Crippen molar-refractivity contribution in [2.75, 3.05) is 18.2 Å². The molecule has 0 radical (unpaired) electrons. The Morgan fingerprint density at radius 1 is 0.938 bits per heavy atom. The summed E-state index contributed by atoms with van der Waals surface area (Å²) in [4.78, 5) is 13.1. The highest BCUT2D eigenvalue weighted by molar-refractivity contribution is 7.90. The lowest BCUT2D eigenvalue weighted by atomic mass is 10.0. The van der Waals surface area contributed by atoms with Crippen LogP contribution in [-0.4, -0.2) is 37.4 Å². The molecule has 0 aliphatic rings. The van der Waals surface area contributed by atoms with E-state index in [0.717, 1.165) is 22.6 Å². The first-order valence-electron chi connectivity index (χ1n) is 9.97. The number of rotatable bonds is 6. The van der Waals surface area contributed by atoms with Crippen molar-refractivity contribution in [2.45, 2.75) is 11.9 Å². The van der Waals surface area contributed by atoms with Gasteiger partial charge in [-0.1, -0.05) is 42.5 Å². The summed E-state index contributed by atoms with van der Waals surface area (Å²) in [6.07, 6.45) is 1.08. The summed E-state index contributed by atoms with van der Waals surface area (Å²) in [5.41, 5.74) is 2.37. The van der Waals surface area contributed by atoms with Crippen LogP contribution in [0.5, 0.6) is 5.75 Å². The zero-order chi connectivity index (χ0) is 22.7. The maximum Gasteiger partial charge on any atom is 0.260 e. The number of hydrogen-bond acceptors (Lipinski definition) is 6. The number of aromatic nitrogens is 2. The van der Waals surface area contributed by atoms with E-state index in [9.17, 15) is 13.2 Å². The van der Waals surface area contributed by atoms with Crippen molar-refractivity contribution in [1.82, 2.24) is 10.2 Å². The van der Waals surface area contributed by atoms with Crippen molar-refractivity contribution in [1.29, 1.82) is 0 Å². The summed E-state index contributed by atoms with van der Waals surface area (Å²) >= 11 is 0. The van der Waals surface area contributed by atoms with Crippen LogP contribution in [0.15, 0.2) is 77.8 Å². The summed E-state index contributed by atoms with van der Waals surface area (Å²) in [7, 11) is -3.40. The van der Waals surface area contributed by atoms with E-state index in [-0.39, 0.29) is 10.9 Å². The molecule has 0 aliphatic carbocycles.